The highest BCUT2D eigenvalue weighted by molar-refractivity contribution is 7.09. The molecule has 0 saturated heterocycles. The molecule has 1 unspecified atom stereocenters. The molecular formula is C19H15FN6OS. The molecule has 28 heavy (non-hydrogen) atoms. The number of benzene rings is 1. The van der Waals surface area contributed by atoms with Crippen LogP contribution >= 0.6 is 11.3 Å². The first-order chi connectivity index (χ1) is 13.3. The highest BCUT2D eigenvalue weighted by atomic mass is 32.1. The van der Waals surface area contributed by atoms with Crippen LogP contribution in [-0.2, 0) is 5.60 Å². The van der Waals surface area contributed by atoms with Crippen LogP contribution in [0.4, 0.5) is 10.3 Å². The number of nitrogens with zero attached hydrogens (tertiary/aromatic N) is 5. The number of hydrogen-bond donors (Lipinski definition) is 2. The lowest BCUT2D eigenvalue weighted by atomic mass is 10.1. The summed E-state index contributed by atoms with van der Waals surface area (Å²) in [5.74, 6) is 5.50. The van der Waals surface area contributed by atoms with Crippen molar-refractivity contribution >= 4 is 28.2 Å². The lowest BCUT2D eigenvalue weighted by Gasteiger charge is -2.12. The van der Waals surface area contributed by atoms with Crippen molar-refractivity contribution in [3.05, 3.63) is 58.1 Å². The minimum absolute atomic E-state index is 0.112. The predicted octanol–water partition coefficient (Wildman–Crippen LogP) is 2.56. The molecular weight excluding hydrogens is 379 g/mol. The second kappa shape index (κ2) is 6.67. The van der Waals surface area contributed by atoms with Crippen LogP contribution in [0.1, 0.15) is 23.2 Å². The normalized spacial score (nSPS) is 13.1. The van der Waals surface area contributed by atoms with Gasteiger partial charge >= 0.3 is 0 Å². The highest BCUT2D eigenvalue weighted by Gasteiger charge is 2.23. The number of hydrogen-bond acceptors (Lipinski definition) is 7. The molecule has 140 valence electrons. The Morgan fingerprint density at radius 3 is 2.82 bits per heavy atom. The van der Waals surface area contributed by atoms with E-state index in [9.17, 15) is 9.50 Å². The minimum atomic E-state index is -1.48. The van der Waals surface area contributed by atoms with Gasteiger partial charge in [-0.1, -0.05) is 11.8 Å². The van der Waals surface area contributed by atoms with Crippen molar-refractivity contribution < 1.29 is 9.50 Å². The Hall–Kier alpha value is -3.35. The number of rotatable bonds is 2. The van der Waals surface area contributed by atoms with Gasteiger partial charge in [0.25, 0.3) is 0 Å². The number of aromatic nitrogens is 5. The third kappa shape index (κ3) is 3.19. The molecule has 9 heteroatoms. The third-order valence-corrected chi connectivity index (χ3v) is 5.10. The van der Waals surface area contributed by atoms with E-state index in [2.05, 4.69) is 31.9 Å². The maximum absolute atomic E-state index is 14.6. The Morgan fingerprint density at radius 1 is 1.29 bits per heavy atom. The number of nitrogens with two attached hydrogens (primary N) is 1. The zero-order valence-electron chi connectivity index (χ0n) is 15.0. The summed E-state index contributed by atoms with van der Waals surface area (Å²) in [5, 5.41) is 17.8. The average Bonchev–Trinajstić information content (AvgIpc) is 3.30. The monoisotopic (exact) mass is 394 g/mol. The molecule has 0 aliphatic carbocycles. The quantitative estimate of drug-likeness (QED) is 0.507. The van der Waals surface area contributed by atoms with Gasteiger partial charge in [-0.25, -0.2) is 19.0 Å². The first-order valence-corrected chi connectivity index (χ1v) is 9.16. The molecule has 1 atom stereocenters. The Bertz CT molecular complexity index is 1240. The Labute approximate surface area is 163 Å². The molecule has 7 nitrogen and oxygen atoms in total. The van der Waals surface area contributed by atoms with Gasteiger partial charge in [0.2, 0.25) is 5.95 Å². The number of aliphatic hydroxyl groups is 1. The first-order valence-electron chi connectivity index (χ1n) is 8.28. The van der Waals surface area contributed by atoms with E-state index in [1.165, 1.54) is 30.5 Å². The van der Waals surface area contributed by atoms with Gasteiger partial charge in [0, 0.05) is 29.2 Å². The number of fused-ring (bicyclic) bond motifs is 1. The van der Waals surface area contributed by atoms with Gasteiger partial charge in [-0.15, -0.1) is 11.3 Å². The van der Waals surface area contributed by atoms with Crippen molar-refractivity contribution in [2.45, 2.75) is 19.4 Å². The SMILES string of the molecule is Cc1nn(-c2ccnc(N)n2)c2cc(C#CC(C)(O)c3nccs3)c(F)cc12. The number of nitrogen functional groups attached to an aromatic ring is 1. The van der Waals surface area contributed by atoms with E-state index in [4.69, 9.17) is 5.73 Å². The van der Waals surface area contributed by atoms with Crippen LogP contribution in [-0.4, -0.2) is 29.8 Å². The van der Waals surface area contributed by atoms with Crippen molar-refractivity contribution in [2.75, 3.05) is 5.73 Å². The minimum Gasteiger partial charge on any atom is -0.371 e. The summed E-state index contributed by atoms with van der Waals surface area (Å²) < 4.78 is 16.2. The first kappa shape index (κ1) is 18.0. The van der Waals surface area contributed by atoms with E-state index >= 15 is 0 Å². The molecule has 0 bridgehead atoms. The van der Waals surface area contributed by atoms with Gasteiger partial charge in [0.15, 0.2) is 11.4 Å². The number of aryl methyl sites for hydroxylation is 1. The number of halogens is 1. The summed E-state index contributed by atoms with van der Waals surface area (Å²) in [6.45, 7) is 3.30. The molecule has 3 heterocycles. The molecule has 0 amide bonds. The van der Waals surface area contributed by atoms with Gasteiger partial charge < -0.3 is 10.8 Å². The van der Waals surface area contributed by atoms with E-state index in [1.807, 2.05) is 0 Å². The van der Waals surface area contributed by atoms with Crippen molar-refractivity contribution in [2.24, 2.45) is 0 Å². The fourth-order valence-electron chi connectivity index (χ4n) is 2.74. The molecule has 0 spiro atoms. The molecule has 1 aromatic carbocycles. The molecule has 0 radical (unpaired) electrons. The summed E-state index contributed by atoms with van der Waals surface area (Å²) in [5.41, 5.74) is 5.58. The van der Waals surface area contributed by atoms with Crippen molar-refractivity contribution in [3.63, 3.8) is 0 Å². The maximum Gasteiger partial charge on any atom is 0.221 e. The van der Waals surface area contributed by atoms with Crippen LogP contribution in [0.3, 0.4) is 0 Å². The van der Waals surface area contributed by atoms with Crippen LogP contribution in [0, 0.1) is 24.6 Å². The lowest BCUT2D eigenvalue weighted by Crippen LogP contribution is -2.18. The lowest BCUT2D eigenvalue weighted by molar-refractivity contribution is 0.122. The Morgan fingerprint density at radius 2 is 2.11 bits per heavy atom. The van der Waals surface area contributed by atoms with Crippen molar-refractivity contribution in [3.8, 4) is 17.7 Å². The topological polar surface area (TPSA) is 103 Å². The van der Waals surface area contributed by atoms with Crippen LogP contribution < -0.4 is 5.73 Å². The summed E-state index contributed by atoms with van der Waals surface area (Å²) >= 11 is 1.28. The number of anilines is 1. The fraction of sp³-hybridized carbons (Fsp3) is 0.158. The van der Waals surface area contributed by atoms with Crippen LogP contribution in [0.2, 0.25) is 0 Å². The van der Waals surface area contributed by atoms with E-state index in [-0.39, 0.29) is 11.5 Å². The highest BCUT2D eigenvalue weighted by Crippen LogP contribution is 2.25. The summed E-state index contributed by atoms with van der Waals surface area (Å²) in [7, 11) is 0. The van der Waals surface area contributed by atoms with Crippen molar-refractivity contribution in [1.29, 1.82) is 0 Å². The zero-order chi connectivity index (χ0) is 19.9. The van der Waals surface area contributed by atoms with Gasteiger partial charge in [-0.2, -0.15) is 10.1 Å². The van der Waals surface area contributed by atoms with E-state index in [0.717, 1.165) is 0 Å². The largest absolute Gasteiger partial charge is 0.371 e. The van der Waals surface area contributed by atoms with Crippen LogP contribution in [0.15, 0.2) is 36.0 Å². The number of thiazole rings is 1. The Kier molecular flexibility index (Phi) is 4.30. The molecule has 4 rings (SSSR count). The van der Waals surface area contributed by atoms with E-state index in [0.29, 0.717) is 27.4 Å². The van der Waals surface area contributed by atoms with Crippen LogP contribution in [0.25, 0.3) is 16.7 Å². The second-order valence-electron chi connectivity index (χ2n) is 6.28. The molecule has 4 aromatic rings. The third-order valence-electron chi connectivity index (χ3n) is 4.12. The van der Waals surface area contributed by atoms with Gasteiger partial charge in [0.05, 0.1) is 16.8 Å². The van der Waals surface area contributed by atoms with Crippen LogP contribution in [0.5, 0.6) is 0 Å². The molecule has 3 aromatic heterocycles. The molecule has 3 N–H and O–H groups in total. The van der Waals surface area contributed by atoms with E-state index in [1.54, 1.807) is 35.3 Å². The van der Waals surface area contributed by atoms with E-state index < -0.39 is 11.4 Å². The summed E-state index contributed by atoms with van der Waals surface area (Å²) in [4.78, 5) is 12.1. The summed E-state index contributed by atoms with van der Waals surface area (Å²) in [6, 6.07) is 4.61. The van der Waals surface area contributed by atoms with Gasteiger partial charge in [0.1, 0.15) is 10.8 Å². The molecule has 0 fully saturated rings. The molecule has 0 saturated carbocycles. The van der Waals surface area contributed by atoms with Crippen molar-refractivity contribution in [1.82, 2.24) is 24.7 Å². The summed E-state index contributed by atoms with van der Waals surface area (Å²) in [6.07, 6.45) is 3.10. The molecule has 0 aliphatic rings. The average molecular weight is 394 g/mol. The second-order valence-corrected chi connectivity index (χ2v) is 7.17. The predicted molar refractivity (Wildman–Crippen MR) is 104 cm³/mol. The molecule has 0 aliphatic heterocycles. The fourth-order valence-corrected chi connectivity index (χ4v) is 3.40. The maximum atomic E-state index is 14.6. The zero-order valence-corrected chi connectivity index (χ0v) is 15.8. The standard InChI is InChI=1S/C19H15FN6OS/c1-11-13-10-14(20)12(3-5-19(2,27)17-22-7-8-28-17)9-15(13)26(25-11)16-4-6-23-18(21)24-16/h4,6-10,27H,1-2H3,(H2,21,23,24). The Balaban J connectivity index is 1.84. The smallest absolute Gasteiger partial charge is 0.221 e. The van der Waals surface area contributed by atoms with Gasteiger partial charge in [-0.05, 0) is 26.0 Å². The van der Waals surface area contributed by atoms with Gasteiger partial charge in [-0.3, -0.25) is 0 Å².